The lowest BCUT2D eigenvalue weighted by Gasteiger charge is -2.40. The highest BCUT2D eigenvalue weighted by Gasteiger charge is 2.90. The molecule has 2 aliphatic heterocycles. The quantitative estimate of drug-likeness (QED) is 0.171. The standard InChI is InChI=1S/C35H29F13N2O4/c1-20-26(27(22-13-7-3-8-14-22)50(54-20)23-15-9-4-10-16-23)28(51)49-24(19-21-11-5-2-6-12-21)25(53-29(49)52)17-18-30(36,37)31(38,39)32(40,41)33(42,43)34(44,45)35(46,47)48/h2-16,20,24-27H,17-19H2,1H3/t20-,24+,25-,26-,27-/m1/s1. The van der Waals surface area contributed by atoms with Crippen molar-refractivity contribution in [2.75, 3.05) is 5.06 Å². The number of carbonyl (C=O) groups excluding carboxylic acids is 2. The van der Waals surface area contributed by atoms with Crippen molar-refractivity contribution in [3.8, 4) is 0 Å². The van der Waals surface area contributed by atoms with E-state index in [2.05, 4.69) is 0 Å². The predicted molar refractivity (Wildman–Crippen MR) is 163 cm³/mol. The predicted octanol–water partition coefficient (Wildman–Crippen LogP) is 9.66. The maximum Gasteiger partial charge on any atom is 0.460 e. The number of halogens is 13. The molecule has 3 aromatic rings. The first kappa shape index (κ1) is 40.6. The molecule has 2 fully saturated rings. The van der Waals surface area contributed by atoms with Gasteiger partial charge in [-0.05, 0) is 43.0 Å². The summed E-state index contributed by atoms with van der Waals surface area (Å²) in [6.07, 6.45) is -16.6. The Morgan fingerprint density at radius 1 is 0.685 bits per heavy atom. The van der Waals surface area contributed by atoms with Gasteiger partial charge in [-0.25, -0.2) is 14.8 Å². The van der Waals surface area contributed by atoms with Crippen LogP contribution in [-0.2, 0) is 20.8 Å². The number of hydrogen-bond acceptors (Lipinski definition) is 5. The van der Waals surface area contributed by atoms with Crippen LogP contribution in [0.15, 0.2) is 91.0 Å². The van der Waals surface area contributed by atoms with Gasteiger partial charge in [0, 0.05) is 6.42 Å². The number of nitrogens with zero attached hydrogens (tertiary/aromatic N) is 2. The van der Waals surface area contributed by atoms with Crippen molar-refractivity contribution in [3.05, 3.63) is 102 Å². The first-order chi connectivity index (χ1) is 25.0. The van der Waals surface area contributed by atoms with E-state index in [-0.39, 0.29) is 0 Å². The number of hydrogen-bond donors (Lipinski definition) is 0. The van der Waals surface area contributed by atoms with Crippen molar-refractivity contribution in [3.63, 3.8) is 0 Å². The van der Waals surface area contributed by atoms with Gasteiger partial charge in [0.1, 0.15) is 6.10 Å². The monoisotopic (exact) mass is 788 g/mol. The zero-order chi connectivity index (χ0) is 40.1. The zero-order valence-electron chi connectivity index (χ0n) is 27.6. The van der Waals surface area contributed by atoms with Gasteiger partial charge < -0.3 is 4.74 Å². The summed E-state index contributed by atoms with van der Waals surface area (Å²) < 4.78 is 184. The third kappa shape index (κ3) is 6.83. The SMILES string of the molecule is C[C@H]1ON(c2ccccc2)[C@H](c2ccccc2)[C@@H]1C(=O)N1C(=O)O[C@H](CCC(F)(F)C(F)(F)C(F)(F)C(F)(F)C(F)(F)C(F)(F)F)[C@@H]1Cc1ccccc1. The van der Waals surface area contributed by atoms with Crippen LogP contribution in [0.1, 0.15) is 36.9 Å². The fraction of sp³-hybridized carbons (Fsp3) is 0.429. The Labute approximate surface area is 298 Å². The van der Waals surface area contributed by atoms with Crippen LogP contribution in [0, 0.1) is 5.92 Å². The normalized spacial score (nSPS) is 23.1. The Hall–Kier alpha value is -4.55. The summed E-state index contributed by atoms with van der Waals surface area (Å²) in [4.78, 5) is 34.4. The molecule has 5 atom stereocenters. The number of ether oxygens (including phenoxy) is 1. The summed E-state index contributed by atoms with van der Waals surface area (Å²) in [5, 5.41) is 1.41. The molecule has 2 amide bonds. The fourth-order valence-corrected chi connectivity index (χ4v) is 6.43. The van der Waals surface area contributed by atoms with Gasteiger partial charge in [0.25, 0.3) is 0 Å². The molecule has 0 aromatic heterocycles. The van der Waals surface area contributed by atoms with Crippen LogP contribution in [0.5, 0.6) is 0 Å². The van der Waals surface area contributed by atoms with Crippen LogP contribution in [0.4, 0.5) is 67.6 Å². The molecule has 2 aliphatic rings. The molecule has 6 nitrogen and oxygen atoms in total. The van der Waals surface area contributed by atoms with Crippen molar-refractivity contribution in [2.24, 2.45) is 5.92 Å². The first-order valence-electron chi connectivity index (χ1n) is 16.1. The Morgan fingerprint density at radius 3 is 1.72 bits per heavy atom. The van der Waals surface area contributed by atoms with E-state index in [0.717, 1.165) is 0 Å². The highest BCUT2D eigenvalue weighted by atomic mass is 19.4. The Bertz CT molecular complexity index is 1780. The van der Waals surface area contributed by atoms with E-state index in [1.807, 2.05) is 0 Å². The molecule has 2 saturated heterocycles. The third-order valence-corrected chi connectivity index (χ3v) is 9.29. The highest BCUT2D eigenvalue weighted by Crippen LogP contribution is 2.61. The number of alkyl halides is 13. The van der Waals surface area contributed by atoms with E-state index < -0.39 is 97.3 Å². The molecule has 0 aliphatic carbocycles. The van der Waals surface area contributed by atoms with Crippen LogP contribution < -0.4 is 5.06 Å². The second kappa shape index (κ2) is 14.3. The van der Waals surface area contributed by atoms with E-state index >= 15 is 0 Å². The maximum atomic E-state index is 14.9. The summed E-state index contributed by atoms with van der Waals surface area (Å²) in [5.74, 6) is -40.0. The Kier molecular flexibility index (Phi) is 10.7. The van der Waals surface area contributed by atoms with Crippen LogP contribution in [-0.4, -0.2) is 70.9 Å². The molecular weight excluding hydrogens is 759 g/mol. The largest absolute Gasteiger partial charge is 0.460 e. The second-order valence-electron chi connectivity index (χ2n) is 12.8. The van der Waals surface area contributed by atoms with Crippen molar-refractivity contribution in [2.45, 2.75) is 86.3 Å². The number of benzene rings is 3. The molecule has 3 aromatic carbocycles. The number of hydroxylamine groups is 1. The van der Waals surface area contributed by atoms with Gasteiger partial charge in [-0.3, -0.25) is 9.63 Å². The Morgan fingerprint density at radius 2 is 1.19 bits per heavy atom. The second-order valence-corrected chi connectivity index (χ2v) is 12.8. The molecule has 0 spiro atoms. The summed E-state index contributed by atoms with van der Waals surface area (Å²) in [6.45, 7) is 1.49. The number of anilines is 1. The van der Waals surface area contributed by atoms with E-state index in [0.29, 0.717) is 21.7 Å². The molecule has 0 radical (unpaired) electrons. The van der Waals surface area contributed by atoms with Gasteiger partial charge in [0.2, 0.25) is 5.91 Å². The average Bonchev–Trinajstić information content (AvgIpc) is 3.62. The summed E-state index contributed by atoms with van der Waals surface area (Å²) >= 11 is 0. The smallest absolute Gasteiger partial charge is 0.444 e. The Balaban J connectivity index is 1.47. The average molecular weight is 789 g/mol. The minimum atomic E-state index is -8.05. The van der Waals surface area contributed by atoms with Gasteiger partial charge in [-0.2, -0.15) is 57.1 Å². The topological polar surface area (TPSA) is 59.1 Å². The van der Waals surface area contributed by atoms with Gasteiger partial charge >= 0.3 is 41.9 Å². The fourth-order valence-electron chi connectivity index (χ4n) is 6.43. The van der Waals surface area contributed by atoms with Crippen LogP contribution in [0.2, 0.25) is 0 Å². The number of carbonyl (C=O) groups is 2. The van der Waals surface area contributed by atoms with E-state index in [4.69, 9.17) is 9.57 Å². The zero-order valence-corrected chi connectivity index (χ0v) is 27.6. The number of cyclic esters (lactones) is 1. The molecule has 0 bridgehead atoms. The van der Waals surface area contributed by atoms with Crippen molar-refractivity contribution >= 4 is 17.7 Å². The number of imide groups is 1. The molecule has 2 heterocycles. The van der Waals surface area contributed by atoms with E-state index in [1.165, 1.54) is 36.3 Å². The number of amides is 2. The molecule has 0 unspecified atom stereocenters. The highest BCUT2D eigenvalue weighted by molar-refractivity contribution is 5.96. The van der Waals surface area contributed by atoms with E-state index in [9.17, 15) is 66.7 Å². The van der Waals surface area contributed by atoms with Gasteiger partial charge in [-0.1, -0.05) is 78.9 Å². The molecule has 0 N–H and O–H groups in total. The lowest BCUT2D eigenvalue weighted by Crippen LogP contribution is -2.70. The van der Waals surface area contributed by atoms with Crippen LogP contribution >= 0.6 is 0 Å². The van der Waals surface area contributed by atoms with Gasteiger partial charge in [-0.15, -0.1) is 0 Å². The summed E-state index contributed by atoms with van der Waals surface area (Å²) in [5.41, 5.74) is 1.32. The minimum absolute atomic E-state index is 0.322. The third-order valence-electron chi connectivity index (χ3n) is 9.29. The van der Waals surface area contributed by atoms with Crippen molar-refractivity contribution < 1.29 is 76.2 Å². The molecule has 294 valence electrons. The first-order valence-corrected chi connectivity index (χ1v) is 16.1. The molecule has 5 rings (SSSR count). The molecule has 19 heteroatoms. The van der Waals surface area contributed by atoms with Gasteiger partial charge in [0.05, 0.1) is 29.8 Å². The lowest BCUT2D eigenvalue weighted by atomic mass is 9.87. The summed E-state index contributed by atoms with van der Waals surface area (Å²) in [6, 6.07) is 21.6. The van der Waals surface area contributed by atoms with E-state index in [1.54, 1.807) is 66.7 Å². The molecule has 0 saturated carbocycles. The minimum Gasteiger partial charge on any atom is -0.444 e. The van der Waals surface area contributed by atoms with Crippen molar-refractivity contribution in [1.29, 1.82) is 0 Å². The lowest BCUT2D eigenvalue weighted by molar-refractivity contribution is -0.440. The van der Waals surface area contributed by atoms with Crippen LogP contribution in [0.3, 0.4) is 0 Å². The molecule has 54 heavy (non-hydrogen) atoms. The summed E-state index contributed by atoms with van der Waals surface area (Å²) in [7, 11) is 0. The number of rotatable bonds is 12. The van der Waals surface area contributed by atoms with Crippen LogP contribution in [0.25, 0.3) is 0 Å². The molecular formula is C35H29F13N2O4. The number of para-hydroxylation sites is 1. The van der Waals surface area contributed by atoms with Crippen molar-refractivity contribution in [1.82, 2.24) is 4.90 Å². The maximum absolute atomic E-state index is 14.9. The van der Waals surface area contributed by atoms with Gasteiger partial charge in [0.15, 0.2) is 0 Å².